The largest absolute Gasteiger partial charge is 0.472 e. The first kappa shape index (κ1) is 30.1. The number of H-pyrrole nitrogens is 1. The highest BCUT2D eigenvalue weighted by atomic mass is 31.2. The van der Waals surface area contributed by atoms with E-state index in [0.29, 0.717) is 0 Å². The SMILES string of the molecule is CO[C@H]1[C@@H](O)[C@@H](COP(=O)(O)O[C@@H]2[C@H](OC)[C@H](n3cnc4c(=O)[nH]c(N)nc43)O[C@@H]2CO)O[C@H]1n1cnc(N)nc1=O. The minimum absolute atomic E-state index is 0.0318. The molecule has 2 aliphatic heterocycles. The minimum atomic E-state index is -4.95. The lowest BCUT2D eigenvalue weighted by atomic mass is 10.1. The summed E-state index contributed by atoms with van der Waals surface area (Å²) in [4.78, 5) is 52.6. The van der Waals surface area contributed by atoms with Crippen molar-refractivity contribution in [3.8, 4) is 0 Å². The Kier molecular flexibility index (Phi) is 8.40. The number of nitrogens with zero attached hydrogens (tertiary/aromatic N) is 6. The second-order valence-electron chi connectivity index (χ2n) is 9.22. The quantitative estimate of drug-likeness (QED) is 0.121. The number of aromatic amines is 1. The van der Waals surface area contributed by atoms with Crippen LogP contribution in [0.3, 0.4) is 0 Å². The van der Waals surface area contributed by atoms with E-state index in [1.54, 1.807) is 0 Å². The molecule has 42 heavy (non-hydrogen) atoms. The van der Waals surface area contributed by atoms with Gasteiger partial charge in [0.2, 0.25) is 11.9 Å². The number of imidazole rings is 1. The summed E-state index contributed by atoms with van der Waals surface area (Å²) in [5, 5.41) is 20.6. The normalized spacial score (nSPS) is 31.1. The topological polar surface area (TPSA) is 297 Å². The van der Waals surface area contributed by atoms with Crippen LogP contribution in [0.4, 0.5) is 11.9 Å². The van der Waals surface area contributed by atoms with Crippen molar-refractivity contribution in [2.24, 2.45) is 0 Å². The number of aromatic nitrogens is 7. The number of nitrogens with one attached hydrogen (secondary N) is 1. The molecule has 22 heteroatoms. The van der Waals surface area contributed by atoms with E-state index >= 15 is 0 Å². The van der Waals surface area contributed by atoms with Gasteiger partial charge in [-0.1, -0.05) is 0 Å². The van der Waals surface area contributed by atoms with Crippen LogP contribution in [0.25, 0.3) is 11.2 Å². The lowest BCUT2D eigenvalue weighted by Gasteiger charge is -2.25. The molecule has 2 fully saturated rings. The third kappa shape index (κ3) is 5.54. The third-order valence-electron chi connectivity index (χ3n) is 6.72. The Morgan fingerprint density at radius 2 is 1.69 bits per heavy atom. The van der Waals surface area contributed by atoms with Gasteiger partial charge in [-0.3, -0.25) is 28.0 Å². The predicted octanol–water partition coefficient (Wildman–Crippen LogP) is -3.38. The predicted molar refractivity (Wildman–Crippen MR) is 136 cm³/mol. The van der Waals surface area contributed by atoms with E-state index in [1.165, 1.54) is 25.1 Å². The standard InChI is InChI=1S/C20H28N9O12P/c1-36-12-10(31)8(40-16(12)29-6-24-18(21)27-20(29)33)4-38-42(34,35)41-11-7(3-30)39-17(13(11)37-2)28-5-23-9-14(28)25-19(22)26-15(9)32/h5-8,10-13,16-17,30-31H,3-4H2,1-2H3,(H,34,35)(H2,21,27,33)(H3,22,25,26,32)/t7-,8-,10+,11+,12+,13+,16-,17-/m1/s1. The number of ether oxygens (including phenoxy) is 4. The molecular weight excluding hydrogens is 589 g/mol. The molecule has 9 atom stereocenters. The highest BCUT2D eigenvalue weighted by Gasteiger charge is 2.51. The average molecular weight is 617 g/mol. The number of nitrogen functional groups attached to an aromatic ring is 2. The number of hydrogen-bond donors (Lipinski definition) is 6. The van der Waals surface area contributed by atoms with Gasteiger partial charge < -0.3 is 45.5 Å². The maximum Gasteiger partial charge on any atom is 0.472 e. The third-order valence-corrected chi connectivity index (χ3v) is 7.71. The molecule has 3 aromatic heterocycles. The highest BCUT2D eigenvalue weighted by Crippen LogP contribution is 2.49. The highest BCUT2D eigenvalue weighted by molar-refractivity contribution is 7.47. The lowest BCUT2D eigenvalue weighted by Crippen LogP contribution is -2.38. The molecule has 21 nitrogen and oxygen atoms in total. The number of phosphoric ester groups is 1. The van der Waals surface area contributed by atoms with E-state index in [9.17, 15) is 29.3 Å². The molecule has 230 valence electrons. The lowest BCUT2D eigenvalue weighted by molar-refractivity contribution is -0.0665. The van der Waals surface area contributed by atoms with Gasteiger partial charge in [-0.2, -0.15) is 9.97 Å². The van der Waals surface area contributed by atoms with Gasteiger partial charge in [0.05, 0.1) is 19.5 Å². The Bertz CT molecular complexity index is 1600. The first-order valence-electron chi connectivity index (χ1n) is 12.2. The van der Waals surface area contributed by atoms with Gasteiger partial charge in [0.25, 0.3) is 5.56 Å². The van der Waals surface area contributed by atoms with Crippen molar-refractivity contribution < 1.29 is 47.7 Å². The molecule has 5 rings (SSSR count). The molecule has 0 spiro atoms. The second-order valence-corrected chi connectivity index (χ2v) is 10.6. The van der Waals surface area contributed by atoms with Crippen molar-refractivity contribution in [1.29, 1.82) is 0 Å². The Morgan fingerprint density at radius 3 is 2.36 bits per heavy atom. The van der Waals surface area contributed by atoms with E-state index in [1.807, 2.05) is 0 Å². The van der Waals surface area contributed by atoms with Crippen LogP contribution < -0.4 is 22.7 Å². The van der Waals surface area contributed by atoms with Crippen molar-refractivity contribution in [1.82, 2.24) is 34.1 Å². The van der Waals surface area contributed by atoms with Crippen molar-refractivity contribution in [2.75, 3.05) is 38.9 Å². The first-order chi connectivity index (χ1) is 20.0. The molecule has 0 bridgehead atoms. The molecule has 8 N–H and O–H groups in total. The minimum Gasteiger partial charge on any atom is -0.394 e. The average Bonchev–Trinajstić information content (AvgIpc) is 3.60. The zero-order chi connectivity index (χ0) is 30.3. The number of hydrogen-bond acceptors (Lipinski definition) is 17. The second kappa shape index (κ2) is 11.7. The van der Waals surface area contributed by atoms with Crippen LogP contribution in [0.5, 0.6) is 0 Å². The summed E-state index contributed by atoms with van der Waals surface area (Å²) in [5.74, 6) is -0.463. The number of phosphoric acid groups is 1. The smallest absolute Gasteiger partial charge is 0.394 e. The van der Waals surface area contributed by atoms with Crippen molar-refractivity contribution >= 4 is 30.9 Å². The number of anilines is 2. The van der Waals surface area contributed by atoms with Crippen molar-refractivity contribution in [3.05, 3.63) is 33.5 Å². The summed E-state index contributed by atoms with van der Waals surface area (Å²) in [6, 6.07) is 0. The molecule has 1 unspecified atom stereocenters. The summed E-state index contributed by atoms with van der Waals surface area (Å²) in [6.07, 6.45) is -7.57. The van der Waals surface area contributed by atoms with Gasteiger partial charge in [-0.05, 0) is 0 Å². The molecule has 0 radical (unpaired) electrons. The Balaban J connectivity index is 1.31. The number of aliphatic hydroxyl groups excluding tert-OH is 2. The molecule has 0 aromatic carbocycles. The van der Waals surface area contributed by atoms with E-state index in [-0.39, 0.29) is 23.1 Å². The van der Waals surface area contributed by atoms with Gasteiger partial charge in [-0.25, -0.2) is 19.3 Å². The summed E-state index contributed by atoms with van der Waals surface area (Å²) in [6.45, 7) is -1.35. The van der Waals surface area contributed by atoms with Gasteiger partial charge in [-0.15, -0.1) is 0 Å². The van der Waals surface area contributed by atoms with E-state index in [0.717, 1.165) is 10.9 Å². The van der Waals surface area contributed by atoms with Crippen LogP contribution in [0.2, 0.25) is 0 Å². The maximum absolute atomic E-state index is 13.0. The molecule has 0 saturated carbocycles. The summed E-state index contributed by atoms with van der Waals surface area (Å²) in [5.41, 5.74) is 9.61. The fourth-order valence-electron chi connectivity index (χ4n) is 4.80. The van der Waals surface area contributed by atoms with Crippen LogP contribution in [-0.4, -0.2) is 113 Å². The van der Waals surface area contributed by atoms with Crippen molar-refractivity contribution in [3.63, 3.8) is 0 Å². The van der Waals surface area contributed by atoms with Gasteiger partial charge in [0.1, 0.15) is 43.0 Å². The van der Waals surface area contributed by atoms with Gasteiger partial charge in [0, 0.05) is 14.2 Å². The summed E-state index contributed by atoms with van der Waals surface area (Å²) in [7, 11) is -2.42. The molecule has 0 aliphatic carbocycles. The number of methoxy groups -OCH3 is 2. The zero-order valence-corrected chi connectivity index (χ0v) is 22.9. The monoisotopic (exact) mass is 617 g/mol. The molecule has 0 amide bonds. The fraction of sp³-hybridized carbons (Fsp3) is 0.600. The van der Waals surface area contributed by atoms with E-state index in [4.69, 9.17) is 39.5 Å². The molecule has 2 saturated heterocycles. The number of nitrogens with two attached hydrogens (primary N) is 2. The zero-order valence-electron chi connectivity index (χ0n) is 22.0. The molecule has 5 heterocycles. The number of fused-ring (bicyclic) bond motifs is 1. The molecule has 2 aliphatic rings. The van der Waals surface area contributed by atoms with E-state index < -0.39 is 81.4 Å². The first-order valence-corrected chi connectivity index (χ1v) is 13.7. The fourth-order valence-corrected chi connectivity index (χ4v) is 5.76. The van der Waals surface area contributed by atoms with Crippen molar-refractivity contribution in [2.45, 2.75) is 49.1 Å². The van der Waals surface area contributed by atoms with Gasteiger partial charge in [0.15, 0.2) is 23.6 Å². The Labute approximate surface area is 234 Å². The van der Waals surface area contributed by atoms with Crippen LogP contribution in [-0.2, 0) is 32.6 Å². The molecule has 3 aromatic rings. The maximum atomic E-state index is 13.0. The van der Waals surface area contributed by atoms with E-state index in [2.05, 4.69) is 24.9 Å². The summed E-state index contributed by atoms with van der Waals surface area (Å²) < 4.78 is 47.9. The van der Waals surface area contributed by atoms with Gasteiger partial charge >= 0.3 is 13.5 Å². The number of rotatable bonds is 10. The number of aliphatic hydroxyl groups is 2. The molecular formula is C20H28N9O12P. The summed E-state index contributed by atoms with van der Waals surface area (Å²) >= 11 is 0. The van der Waals surface area contributed by atoms with Crippen LogP contribution >= 0.6 is 7.82 Å². The Morgan fingerprint density at radius 1 is 1.02 bits per heavy atom. The van der Waals surface area contributed by atoms with Crippen LogP contribution in [0.1, 0.15) is 12.5 Å². The Hall–Kier alpha value is -3.37. The van der Waals surface area contributed by atoms with Crippen LogP contribution in [0, 0.1) is 0 Å². The van der Waals surface area contributed by atoms with Crippen LogP contribution in [0.15, 0.2) is 22.2 Å².